The minimum atomic E-state index is -0.754. The van der Waals surface area contributed by atoms with Gasteiger partial charge < -0.3 is 4.74 Å². The minimum Gasteiger partial charge on any atom is -0.465 e. The fourth-order valence-corrected chi connectivity index (χ4v) is 3.06. The van der Waals surface area contributed by atoms with E-state index in [0.717, 1.165) is 16.7 Å². The molecule has 0 saturated heterocycles. The van der Waals surface area contributed by atoms with Gasteiger partial charge >= 0.3 is 17.9 Å². The number of imide groups is 1. The number of hydrogen-bond donors (Lipinski definition) is 0. The van der Waals surface area contributed by atoms with Gasteiger partial charge in [0.05, 0.1) is 26.5 Å². The van der Waals surface area contributed by atoms with E-state index < -0.39 is 17.9 Å². The minimum absolute atomic E-state index is 0.0540. The normalized spacial score (nSPS) is 21.5. The number of thioether (sulfide) groups is 1. The van der Waals surface area contributed by atoms with Crippen LogP contribution in [0.1, 0.15) is 13.8 Å². The lowest BCUT2D eigenvalue weighted by Crippen LogP contribution is -2.54. The van der Waals surface area contributed by atoms with Crippen LogP contribution in [-0.4, -0.2) is 70.6 Å². The Labute approximate surface area is 131 Å². The molecule has 0 N–H and O–H groups in total. The Hall–Kier alpha value is -2.03. The van der Waals surface area contributed by atoms with Crippen molar-refractivity contribution in [2.45, 2.75) is 13.8 Å². The van der Waals surface area contributed by atoms with Crippen molar-refractivity contribution in [3.05, 3.63) is 0 Å². The molecule has 0 aliphatic carbocycles. The Balaban J connectivity index is 2.31. The molecule has 1 unspecified atom stereocenters. The van der Waals surface area contributed by atoms with E-state index in [1.165, 1.54) is 11.6 Å². The standard InChI is InChI=1S/C13H17N4O4S/c1-5-21-8(18)6-22-11-9-10(14-7(2)15-11)16(3)13(20)17(4)12(9)19/h9H,5-6H2,1-4H3/q+1. The second-order valence-corrected chi connectivity index (χ2v) is 5.73. The third-order valence-electron chi connectivity index (χ3n) is 3.19. The van der Waals surface area contributed by atoms with E-state index >= 15 is 0 Å². The SMILES string of the molecule is CCOC(=O)CSC1=NC(C)=NC2=[N+](C)C(=O)N(C)C(=O)C12. The molecule has 0 aromatic rings. The summed E-state index contributed by atoms with van der Waals surface area (Å²) >= 11 is 1.13. The lowest BCUT2D eigenvalue weighted by Gasteiger charge is -2.26. The van der Waals surface area contributed by atoms with Crippen LogP contribution in [0.3, 0.4) is 0 Å². The first-order chi connectivity index (χ1) is 10.4. The molecule has 9 heteroatoms. The summed E-state index contributed by atoms with van der Waals surface area (Å²) in [6, 6.07) is -0.440. The van der Waals surface area contributed by atoms with Crippen molar-refractivity contribution in [3.63, 3.8) is 0 Å². The maximum Gasteiger partial charge on any atom is 0.445 e. The number of carbonyl (C=O) groups is 3. The zero-order chi connectivity index (χ0) is 16.4. The first-order valence-corrected chi connectivity index (χ1v) is 7.69. The first kappa shape index (κ1) is 16.3. The number of amides is 3. The second kappa shape index (κ2) is 6.39. The fraction of sp³-hybridized carbons (Fsp3) is 0.538. The summed E-state index contributed by atoms with van der Waals surface area (Å²) in [4.78, 5) is 45.3. The summed E-state index contributed by atoms with van der Waals surface area (Å²) in [6.45, 7) is 3.70. The predicted molar refractivity (Wildman–Crippen MR) is 82.5 cm³/mol. The van der Waals surface area contributed by atoms with Crippen molar-refractivity contribution in [1.29, 1.82) is 0 Å². The fourth-order valence-electron chi connectivity index (χ4n) is 2.14. The van der Waals surface area contributed by atoms with Crippen LogP contribution in [-0.2, 0) is 14.3 Å². The number of amidine groups is 2. The highest BCUT2D eigenvalue weighted by molar-refractivity contribution is 8.14. The molecular formula is C13H17N4O4S+. The zero-order valence-electron chi connectivity index (χ0n) is 12.8. The Morgan fingerprint density at radius 1 is 1.41 bits per heavy atom. The molecular weight excluding hydrogens is 308 g/mol. The van der Waals surface area contributed by atoms with Crippen LogP contribution >= 0.6 is 11.8 Å². The molecule has 0 aromatic heterocycles. The summed E-state index contributed by atoms with van der Waals surface area (Å²) in [7, 11) is 2.97. The van der Waals surface area contributed by atoms with Crippen LogP contribution in [0.15, 0.2) is 9.98 Å². The molecule has 8 nitrogen and oxygen atoms in total. The molecule has 0 fully saturated rings. The topological polar surface area (TPSA) is 91.4 Å². The second-order valence-electron chi connectivity index (χ2n) is 4.73. The van der Waals surface area contributed by atoms with Crippen molar-refractivity contribution < 1.29 is 23.7 Å². The molecule has 2 aliphatic rings. The summed E-state index contributed by atoms with van der Waals surface area (Å²) in [5.74, 6) is -0.696. The average Bonchev–Trinajstić information content (AvgIpc) is 2.48. The third-order valence-corrected chi connectivity index (χ3v) is 4.19. The number of aliphatic imine (C=N–C) groups is 2. The number of fused-ring (bicyclic) bond motifs is 1. The van der Waals surface area contributed by atoms with Gasteiger partial charge in [-0.05, 0) is 6.92 Å². The van der Waals surface area contributed by atoms with Crippen molar-refractivity contribution in [1.82, 2.24) is 4.90 Å². The van der Waals surface area contributed by atoms with Crippen LogP contribution in [0.25, 0.3) is 0 Å². The van der Waals surface area contributed by atoms with Crippen LogP contribution in [0, 0.1) is 5.92 Å². The monoisotopic (exact) mass is 325 g/mol. The van der Waals surface area contributed by atoms with Gasteiger partial charge in [-0.2, -0.15) is 9.48 Å². The van der Waals surface area contributed by atoms with E-state index in [1.54, 1.807) is 20.9 Å². The number of nitrogens with zero attached hydrogens (tertiary/aromatic N) is 4. The smallest absolute Gasteiger partial charge is 0.445 e. The van der Waals surface area contributed by atoms with Gasteiger partial charge in [0.15, 0.2) is 5.92 Å². The van der Waals surface area contributed by atoms with Crippen molar-refractivity contribution in [2.24, 2.45) is 15.9 Å². The van der Waals surface area contributed by atoms with Crippen molar-refractivity contribution >= 4 is 46.4 Å². The molecule has 0 aromatic carbocycles. The number of rotatable bonds is 3. The number of urea groups is 1. The van der Waals surface area contributed by atoms with Crippen LogP contribution < -0.4 is 0 Å². The molecule has 1 atom stereocenters. The molecule has 0 saturated carbocycles. The Morgan fingerprint density at radius 3 is 2.73 bits per heavy atom. The molecule has 0 radical (unpaired) electrons. The summed E-state index contributed by atoms with van der Waals surface area (Å²) in [5, 5.41) is 0.451. The number of ether oxygens (including phenoxy) is 1. The van der Waals surface area contributed by atoms with Gasteiger partial charge in [-0.15, -0.1) is 0 Å². The molecule has 3 amide bonds. The van der Waals surface area contributed by atoms with E-state index in [4.69, 9.17) is 4.74 Å². The van der Waals surface area contributed by atoms with E-state index in [1.807, 2.05) is 0 Å². The molecule has 0 bridgehead atoms. The number of esters is 1. The van der Waals surface area contributed by atoms with Gasteiger partial charge in [-0.1, -0.05) is 16.8 Å². The van der Waals surface area contributed by atoms with Gasteiger partial charge in [0.1, 0.15) is 5.04 Å². The van der Waals surface area contributed by atoms with Gasteiger partial charge in [0.25, 0.3) is 5.84 Å². The van der Waals surface area contributed by atoms with Crippen molar-refractivity contribution in [3.8, 4) is 0 Å². The molecule has 22 heavy (non-hydrogen) atoms. The molecule has 0 spiro atoms. The summed E-state index contributed by atoms with van der Waals surface area (Å²) in [6.07, 6.45) is 0. The highest BCUT2D eigenvalue weighted by Gasteiger charge is 2.48. The van der Waals surface area contributed by atoms with Crippen molar-refractivity contribution in [2.75, 3.05) is 26.5 Å². The quantitative estimate of drug-likeness (QED) is 0.552. The molecule has 2 aliphatic heterocycles. The van der Waals surface area contributed by atoms with Crippen LogP contribution in [0.2, 0.25) is 0 Å². The van der Waals surface area contributed by atoms with E-state index in [-0.39, 0.29) is 11.7 Å². The van der Waals surface area contributed by atoms with Gasteiger partial charge in [-0.3, -0.25) is 9.59 Å². The Morgan fingerprint density at radius 2 is 2.09 bits per heavy atom. The molecule has 2 heterocycles. The van der Waals surface area contributed by atoms with Gasteiger partial charge in [-0.25, -0.2) is 9.79 Å². The van der Waals surface area contributed by atoms with Crippen LogP contribution in [0.5, 0.6) is 0 Å². The first-order valence-electron chi connectivity index (χ1n) is 6.71. The average molecular weight is 325 g/mol. The lowest BCUT2D eigenvalue weighted by molar-refractivity contribution is -0.407. The number of hydrogen-bond acceptors (Lipinski definition) is 7. The Bertz CT molecular complexity index is 638. The lowest BCUT2D eigenvalue weighted by atomic mass is 10.1. The molecule has 2 rings (SSSR count). The highest BCUT2D eigenvalue weighted by atomic mass is 32.2. The maximum atomic E-state index is 12.4. The van der Waals surface area contributed by atoms with Gasteiger partial charge in [0, 0.05) is 6.92 Å². The van der Waals surface area contributed by atoms with Gasteiger partial charge in [0.2, 0.25) is 5.84 Å². The van der Waals surface area contributed by atoms with E-state index in [0.29, 0.717) is 23.3 Å². The third kappa shape index (κ3) is 2.94. The summed E-state index contributed by atoms with van der Waals surface area (Å²) < 4.78 is 6.20. The van der Waals surface area contributed by atoms with E-state index in [9.17, 15) is 14.4 Å². The highest BCUT2D eigenvalue weighted by Crippen LogP contribution is 2.25. The molecule has 118 valence electrons. The Kier molecular flexibility index (Phi) is 4.74. The predicted octanol–water partition coefficient (Wildman–Crippen LogP) is 0.362. The zero-order valence-corrected chi connectivity index (χ0v) is 13.6. The number of carbonyl (C=O) groups excluding carboxylic acids is 3. The maximum absolute atomic E-state index is 12.4. The summed E-state index contributed by atoms with van der Waals surface area (Å²) in [5.41, 5.74) is 0. The van der Waals surface area contributed by atoms with E-state index in [2.05, 4.69) is 9.98 Å². The largest absolute Gasteiger partial charge is 0.465 e. The van der Waals surface area contributed by atoms with Crippen LogP contribution in [0.4, 0.5) is 4.79 Å².